The van der Waals surface area contributed by atoms with E-state index in [4.69, 9.17) is 23.8 Å². The number of nitrogens with one attached hydrogen (secondary N) is 1. The Kier molecular flexibility index (Phi) is 4.15. The van der Waals surface area contributed by atoms with Crippen molar-refractivity contribution in [3.63, 3.8) is 0 Å². The zero-order chi connectivity index (χ0) is 17.4. The van der Waals surface area contributed by atoms with E-state index >= 15 is 0 Å². The van der Waals surface area contributed by atoms with Crippen LogP contribution in [0.15, 0.2) is 60.9 Å². The molecular formula is C20H16ClN3S. The first kappa shape index (κ1) is 16.1. The first-order chi connectivity index (χ1) is 12.2. The number of hydrogen-bond donors (Lipinski definition) is 1. The molecule has 0 saturated carbocycles. The van der Waals surface area contributed by atoms with Crippen LogP contribution < -0.4 is 0 Å². The molecule has 2 aromatic carbocycles. The van der Waals surface area contributed by atoms with E-state index in [9.17, 15) is 0 Å². The van der Waals surface area contributed by atoms with E-state index in [0.717, 1.165) is 39.2 Å². The van der Waals surface area contributed by atoms with Crippen molar-refractivity contribution in [3.05, 3.63) is 76.2 Å². The molecule has 0 amide bonds. The number of fused-ring (bicyclic) bond motifs is 1. The van der Waals surface area contributed by atoms with Crippen LogP contribution in [0.4, 0.5) is 0 Å². The van der Waals surface area contributed by atoms with E-state index in [1.54, 1.807) is 0 Å². The van der Waals surface area contributed by atoms with Crippen LogP contribution in [0.1, 0.15) is 12.5 Å². The molecule has 0 radical (unpaired) electrons. The molecule has 0 unspecified atom stereocenters. The molecule has 4 rings (SSSR count). The predicted octanol–water partition coefficient (Wildman–Crippen LogP) is 5.94. The second-order valence-electron chi connectivity index (χ2n) is 5.90. The third-order valence-electron chi connectivity index (χ3n) is 4.33. The Morgan fingerprint density at radius 2 is 1.72 bits per heavy atom. The fourth-order valence-electron chi connectivity index (χ4n) is 2.86. The average Bonchev–Trinajstić information content (AvgIpc) is 3.08. The summed E-state index contributed by atoms with van der Waals surface area (Å²) in [6, 6.07) is 16.2. The monoisotopic (exact) mass is 365 g/mol. The fourth-order valence-corrected chi connectivity index (χ4v) is 3.29. The minimum absolute atomic E-state index is 0.715. The maximum Gasteiger partial charge on any atom is 0.212 e. The molecule has 2 aromatic heterocycles. The van der Waals surface area contributed by atoms with Gasteiger partial charge in [-0.15, -0.1) is 0 Å². The van der Waals surface area contributed by atoms with Crippen molar-refractivity contribution in [1.29, 1.82) is 0 Å². The Morgan fingerprint density at radius 3 is 2.40 bits per heavy atom. The summed E-state index contributed by atoms with van der Waals surface area (Å²) in [5.74, 6) is 0.726. The number of halogens is 1. The zero-order valence-corrected chi connectivity index (χ0v) is 15.2. The maximum atomic E-state index is 5.97. The van der Waals surface area contributed by atoms with Crippen LogP contribution in [0.5, 0.6) is 0 Å². The molecule has 25 heavy (non-hydrogen) atoms. The van der Waals surface area contributed by atoms with Gasteiger partial charge in [0.2, 0.25) is 5.78 Å². The Hall–Kier alpha value is -2.43. The molecule has 0 saturated heterocycles. The van der Waals surface area contributed by atoms with Crippen molar-refractivity contribution in [2.24, 2.45) is 0 Å². The molecule has 0 atom stereocenters. The van der Waals surface area contributed by atoms with Crippen LogP contribution >= 0.6 is 23.8 Å². The van der Waals surface area contributed by atoms with Gasteiger partial charge in [-0.3, -0.25) is 4.40 Å². The third-order valence-corrected chi connectivity index (χ3v) is 4.99. The van der Waals surface area contributed by atoms with Gasteiger partial charge in [-0.1, -0.05) is 67.1 Å². The second-order valence-corrected chi connectivity index (χ2v) is 6.72. The van der Waals surface area contributed by atoms with Gasteiger partial charge in [-0.05, 0) is 35.2 Å². The van der Waals surface area contributed by atoms with E-state index in [-0.39, 0.29) is 0 Å². The van der Waals surface area contributed by atoms with Gasteiger partial charge >= 0.3 is 0 Å². The number of benzene rings is 2. The van der Waals surface area contributed by atoms with E-state index in [2.05, 4.69) is 41.2 Å². The van der Waals surface area contributed by atoms with Crippen molar-refractivity contribution in [2.75, 3.05) is 0 Å². The molecule has 5 heteroatoms. The molecule has 124 valence electrons. The summed E-state index contributed by atoms with van der Waals surface area (Å²) in [6.07, 6.45) is 4.84. The SMILES string of the molecule is CCc1ccc(-c2cnc3[nH]c(-c4ccc(Cl)cc4)cn3c2=S)cc1. The van der Waals surface area contributed by atoms with Crippen molar-refractivity contribution < 1.29 is 0 Å². The highest BCUT2D eigenvalue weighted by Gasteiger charge is 2.09. The molecule has 2 heterocycles. The van der Waals surface area contributed by atoms with Gasteiger partial charge < -0.3 is 4.98 Å². The molecule has 3 nitrogen and oxygen atoms in total. The molecule has 0 aliphatic heterocycles. The average molecular weight is 366 g/mol. The minimum Gasteiger partial charge on any atom is -0.323 e. The first-order valence-corrected chi connectivity index (χ1v) is 8.90. The molecule has 0 aliphatic rings. The second kappa shape index (κ2) is 6.47. The Morgan fingerprint density at radius 1 is 1.04 bits per heavy atom. The van der Waals surface area contributed by atoms with Gasteiger partial charge in [0.05, 0.1) is 5.69 Å². The smallest absolute Gasteiger partial charge is 0.212 e. The number of nitrogens with zero attached hydrogens (tertiary/aromatic N) is 2. The normalized spacial score (nSPS) is 11.1. The predicted molar refractivity (Wildman–Crippen MR) is 106 cm³/mol. The van der Waals surface area contributed by atoms with Gasteiger partial charge in [0.1, 0.15) is 4.64 Å². The highest BCUT2D eigenvalue weighted by molar-refractivity contribution is 7.71. The molecule has 0 fully saturated rings. The topological polar surface area (TPSA) is 33.1 Å². The molecule has 4 aromatic rings. The molecule has 0 aliphatic carbocycles. The number of aromatic amines is 1. The van der Waals surface area contributed by atoms with Crippen molar-refractivity contribution in [2.45, 2.75) is 13.3 Å². The van der Waals surface area contributed by atoms with Gasteiger partial charge in [0.25, 0.3) is 0 Å². The van der Waals surface area contributed by atoms with Crippen molar-refractivity contribution in [1.82, 2.24) is 14.4 Å². The number of aromatic nitrogens is 3. The lowest BCUT2D eigenvalue weighted by atomic mass is 10.1. The largest absolute Gasteiger partial charge is 0.323 e. The summed E-state index contributed by atoms with van der Waals surface area (Å²) in [5, 5.41) is 0.715. The highest BCUT2D eigenvalue weighted by atomic mass is 35.5. The standard InChI is InChI=1S/C20H16ClN3S/c1-2-13-3-5-14(6-4-13)17-11-22-20-23-18(12-24(20)19(17)25)15-7-9-16(21)10-8-15/h3-12H,2H2,1H3,(H,22,23). The van der Waals surface area contributed by atoms with E-state index in [0.29, 0.717) is 5.02 Å². The van der Waals surface area contributed by atoms with Gasteiger partial charge in [-0.2, -0.15) is 0 Å². The summed E-state index contributed by atoms with van der Waals surface area (Å²) in [7, 11) is 0. The Labute approximate surface area is 155 Å². The number of hydrogen-bond acceptors (Lipinski definition) is 2. The van der Waals surface area contributed by atoms with Crippen LogP contribution in [0.25, 0.3) is 28.2 Å². The molecular weight excluding hydrogens is 350 g/mol. The van der Waals surface area contributed by atoms with Crippen LogP contribution in [0.2, 0.25) is 5.02 Å². The van der Waals surface area contributed by atoms with Gasteiger partial charge in [-0.25, -0.2) is 4.98 Å². The van der Waals surface area contributed by atoms with E-state index < -0.39 is 0 Å². The number of rotatable bonds is 3. The van der Waals surface area contributed by atoms with E-state index in [1.807, 2.05) is 41.1 Å². The van der Waals surface area contributed by atoms with Crippen LogP contribution in [-0.4, -0.2) is 14.4 Å². The molecule has 0 bridgehead atoms. The van der Waals surface area contributed by atoms with Gasteiger partial charge in [0.15, 0.2) is 0 Å². The Balaban J connectivity index is 1.82. The number of aryl methyl sites for hydroxylation is 1. The highest BCUT2D eigenvalue weighted by Crippen LogP contribution is 2.25. The quantitative estimate of drug-likeness (QED) is 0.455. The summed E-state index contributed by atoms with van der Waals surface area (Å²) in [6.45, 7) is 2.15. The minimum atomic E-state index is 0.715. The third kappa shape index (κ3) is 2.99. The fraction of sp³-hybridized carbons (Fsp3) is 0.100. The first-order valence-electron chi connectivity index (χ1n) is 8.11. The Bertz CT molecular complexity index is 1090. The summed E-state index contributed by atoms with van der Waals surface area (Å²) in [5.41, 5.74) is 5.34. The van der Waals surface area contributed by atoms with Gasteiger partial charge in [0, 0.05) is 23.0 Å². The van der Waals surface area contributed by atoms with Crippen LogP contribution in [-0.2, 0) is 6.42 Å². The number of imidazole rings is 1. The lowest BCUT2D eigenvalue weighted by Crippen LogP contribution is -1.92. The lowest BCUT2D eigenvalue weighted by molar-refractivity contribution is 1.09. The molecule has 1 N–H and O–H groups in total. The lowest BCUT2D eigenvalue weighted by Gasteiger charge is -2.04. The summed E-state index contributed by atoms with van der Waals surface area (Å²) < 4.78 is 2.66. The van der Waals surface area contributed by atoms with Crippen molar-refractivity contribution in [3.8, 4) is 22.4 Å². The summed E-state index contributed by atoms with van der Waals surface area (Å²) in [4.78, 5) is 7.85. The number of H-pyrrole nitrogens is 1. The maximum absolute atomic E-state index is 5.97. The molecule has 0 spiro atoms. The summed E-state index contributed by atoms with van der Waals surface area (Å²) >= 11 is 11.7. The van der Waals surface area contributed by atoms with Crippen molar-refractivity contribution >= 4 is 29.6 Å². The zero-order valence-electron chi connectivity index (χ0n) is 13.7. The van der Waals surface area contributed by atoms with Crippen LogP contribution in [0.3, 0.4) is 0 Å². The van der Waals surface area contributed by atoms with Crippen LogP contribution in [0, 0.1) is 4.64 Å². The van der Waals surface area contributed by atoms with E-state index in [1.165, 1.54) is 5.56 Å².